The number of carbonyl (C=O) groups is 2. The normalized spacial score (nSPS) is 22.2. The van der Waals surface area contributed by atoms with Crippen molar-refractivity contribution in [1.82, 2.24) is 5.32 Å². The van der Waals surface area contributed by atoms with Crippen LogP contribution in [0.15, 0.2) is 41.1 Å². The van der Waals surface area contributed by atoms with E-state index in [1.807, 2.05) is 0 Å². The molecule has 0 unspecified atom stereocenters. The number of urea groups is 1. The smallest absolute Gasteiger partial charge is 0.416 e. The molecule has 2 amide bonds. The molecule has 0 radical (unpaired) electrons. The van der Waals surface area contributed by atoms with Gasteiger partial charge >= 0.3 is 18.2 Å². The second kappa shape index (κ2) is 10.4. The molecule has 0 fully saturated rings. The Hall–Kier alpha value is -3.56. The number of benzene rings is 1. The predicted octanol–water partition coefficient (Wildman–Crippen LogP) is -1.08. The number of ether oxygens (including phenoxy) is 1. The van der Waals surface area contributed by atoms with E-state index in [1.165, 1.54) is 0 Å². The van der Waals surface area contributed by atoms with Gasteiger partial charge in [0.25, 0.3) is 0 Å². The molecule has 1 aromatic carbocycles. The summed E-state index contributed by atoms with van der Waals surface area (Å²) in [6, 6.07) is -0.183. The number of hydrogen-bond donors (Lipinski definition) is 8. The molecule has 1 aliphatic rings. The van der Waals surface area contributed by atoms with Gasteiger partial charge in [-0.25, -0.2) is 14.6 Å². The lowest BCUT2D eigenvalue weighted by molar-refractivity contribution is -0.144. The Morgan fingerprint density at radius 1 is 1.18 bits per heavy atom. The van der Waals surface area contributed by atoms with E-state index in [0.29, 0.717) is 0 Å². The van der Waals surface area contributed by atoms with Crippen molar-refractivity contribution >= 4 is 23.6 Å². The number of aliphatic hydroxyl groups excluding tert-OH is 3. The van der Waals surface area contributed by atoms with Crippen LogP contribution >= 0.6 is 0 Å². The predicted molar refractivity (Wildman–Crippen MR) is 107 cm³/mol. The highest BCUT2D eigenvalue weighted by atomic mass is 19.4. The number of halogens is 3. The van der Waals surface area contributed by atoms with Gasteiger partial charge < -0.3 is 47.3 Å². The van der Waals surface area contributed by atoms with E-state index in [-0.39, 0.29) is 5.69 Å². The van der Waals surface area contributed by atoms with Crippen LogP contribution in [0, 0.1) is 0 Å². The molecule has 5 atom stereocenters. The number of alkyl halides is 3. The number of carboxylic acid groups (broad SMARTS) is 1. The van der Waals surface area contributed by atoms with Crippen molar-refractivity contribution in [2.45, 2.75) is 36.6 Å². The van der Waals surface area contributed by atoms with Gasteiger partial charge in [0, 0.05) is 5.69 Å². The summed E-state index contributed by atoms with van der Waals surface area (Å²) < 4.78 is 43.2. The molecule has 2 rings (SSSR count). The number of aliphatic imine (C=N–C) groups is 1. The summed E-state index contributed by atoms with van der Waals surface area (Å²) in [4.78, 5) is 27.7. The lowest BCUT2D eigenvalue weighted by Gasteiger charge is -2.38. The number of anilines is 1. The summed E-state index contributed by atoms with van der Waals surface area (Å²) in [6.07, 6.45) is -8.95. The molecule has 1 heterocycles. The standard InChI is InChI=1S/C18H22F3N5O7/c19-18(20,21)7-1-3-8(4-2-7)24-17(32)26-12-9(25-16(22)23)5-11(15(30)31)33-14(12)13(29)10(28)6-27/h1-5,9-10,12-14,27-29H,6H2,(H,30,31)(H4,22,23,25)(H2,24,26,32)/t9-,10+,12+,13+,14+/m0/s1. The first-order valence-corrected chi connectivity index (χ1v) is 9.25. The molecule has 182 valence electrons. The minimum Gasteiger partial charge on any atom is -0.478 e. The van der Waals surface area contributed by atoms with Crippen LogP contribution in [0.4, 0.5) is 23.7 Å². The Morgan fingerprint density at radius 3 is 2.27 bits per heavy atom. The largest absolute Gasteiger partial charge is 0.478 e. The van der Waals surface area contributed by atoms with Crippen molar-refractivity contribution < 1.29 is 47.9 Å². The van der Waals surface area contributed by atoms with Gasteiger partial charge in [-0.15, -0.1) is 0 Å². The summed E-state index contributed by atoms with van der Waals surface area (Å²) in [5.74, 6) is -2.76. The van der Waals surface area contributed by atoms with Gasteiger partial charge in [-0.05, 0) is 30.3 Å². The van der Waals surface area contributed by atoms with Crippen molar-refractivity contribution in [3.8, 4) is 0 Å². The maximum Gasteiger partial charge on any atom is 0.416 e. The number of aliphatic carboxylic acids is 1. The van der Waals surface area contributed by atoms with Crippen molar-refractivity contribution in [2.75, 3.05) is 11.9 Å². The van der Waals surface area contributed by atoms with E-state index in [9.17, 15) is 38.1 Å². The van der Waals surface area contributed by atoms with Crippen molar-refractivity contribution in [1.29, 1.82) is 0 Å². The van der Waals surface area contributed by atoms with E-state index in [4.69, 9.17) is 21.3 Å². The zero-order valence-corrected chi connectivity index (χ0v) is 16.7. The van der Waals surface area contributed by atoms with Crippen LogP contribution in [0.5, 0.6) is 0 Å². The van der Waals surface area contributed by atoms with E-state index >= 15 is 0 Å². The molecular formula is C18H22F3N5O7. The quantitative estimate of drug-likeness (QED) is 0.177. The summed E-state index contributed by atoms with van der Waals surface area (Å²) in [5, 5.41) is 43.1. The summed E-state index contributed by atoms with van der Waals surface area (Å²) in [5.41, 5.74) is 9.75. The van der Waals surface area contributed by atoms with Crippen LogP contribution in [-0.2, 0) is 15.7 Å². The summed E-state index contributed by atoms with van der Waals surface area (Å²) in [7, 11) is 0. The highest BCUT2D eigenvalue weighted by molar-refractivity contribution is 5.90. The van der Waals surface area contributed by atoms with Crippen molar-refractivity contribution in [2.24, 2.45) is 16.5 Å². The van der Waals surface area contributed by atoms with Gasteiger partial charge in [0.15, 0.2) is 12.1 Å². The van der Waals surface area contributed by atoms with Gasteiger partial charge in [-0.2, -0.15) is 13.2 Å². The van der Waals surface area contributed by atoms with E-state index in [1.54, 1.807) is 0 Å². The molecule has 12 nitrogen and oxygen atoms in total. The average Bonchev–Trinajstić information content (AvgIpc) is 2.72. The Bertz CT molecular complexity index is 919. The molecule has 1 aliphatic heterocycles. The monoisotopic (exact) mass is 477 g/mol. The molecule has 0 spiro atoms. The Morgan fingerprint density at radius 2 is 1.79 bits per heavy atom. The zero-order valence-electron chi connectivity index (χ0n) is 16.7. The summed E-state index contributed by atoms with van der Waals surface area (Å²) >= 11 is 0. The van der Waals surface area contributed by atoms with Crippen molar-refractivity contribution in [3.05, 3.63) is 41.7 Å². The molecular weight excluding hydrogens is 455 g/mol. The number of carbonyl (C=O) groups excluding carboxylic acids is 1. The number of rotatable bonds is 7. The molecule has 1 aromatic rings. The fraction of sp³-hybridized carbons (Fsp3) is 0.389. The van der Waals surface area contributed by atoms with Gasteiger partial charge in [0.2, 0.25) is 5.76 Å². The highest BCUT2D eigenvalue weighted by Gasteiger charge is 2.44. The van der Waals surface area contributed by atoms with E-state index < -0.39 is 72.5 Å². The highest BCUT2D eigenvalue weighted by Crippen LogP contribution is 2.30. The number of amides is 2. The number of guanidine groups is 1. The minimum absolute atomic E-state index is 0.0233. The van der Waals surface area contributed by atoms with E-state index in [0.717, 1.165) is 30.3 Å². The van der Waals surface area contributed by atoms with Crippen LogP contribution in [-0.4, -0.2) is 75.4 Å². The topological polar surface area (TPSA) is 213 Å². The lowest BCUT2D eigenvalue weighted by Crippen LogP contribution is -2.60. The second-order valence-electron chi connectivity index (χ2n) is 6.90. The molecule has 0 saturated heterocycles. The molecule has 0 saturated carbocycles. The number of nitrogens with one attached hydrogen (secondary N) is 2. The van der Waals surface area contributed by atoms with Crippen LogP contribution in [0.25, 0.3) is 0 Å². The number of nitrogens with zero attached hydrogens (tertiary/aromatic N) is 1. The summed E-state index contributed by atoms with van der Waals surface area (Å²) in [6.45, 7) is -0.926. The first kappa shape index (κ1) is 25.7. The van der Waals surface area contributed by atoms with Gasteiger partial charge in [-0.3, -0.25) is 0 Å². The van der Waals surface area contributed by atoms with Crippen molar-refractivity contribution in [3.63, 3.8) is 0 Å². The Labute approximate surface area is 184 Å². The minimum atomic E-state index is -4.57. The number of aliphatic hydroxyl groups is 3. The third-order valence-corrected chi connectivity index (χ3v) is 4.50. The van der Waals surface area contributed by atoms with Crippen LogP contribution in [0.3, 0.4) is 0 Å². The molecule has 0 bridgehead atoms. The lowest BCUT2D eigenvalue weighted by atomic mass is 9.92. The molecule has 10 N–H and O–H groups in total. The Balaban J connectivity index is 2.31. The van der Waals surface area contributed by atoms with Gasteiger partial charge in [0.05, 0.1) is 24.3 Å². The van der Waals surface area contributed by atoms with Gasteiger partial charge in [0.1, 0.15) is 12.2 Å². The number of nitrogens with two attached hydrogens (primary N) is 2. The first-order chi connectivity index (χ1) is 15.3. The Kier molecular flexibility index (Phi) is 8.08. The fourth-order valence-electron chi connectivity index (χ4n) is 2.96. The van der Waals surface area contributed by atoms with Crippen LogP contribution in [0.2, 0.25) is 0 Å². The third-order valence-electron chi connectivity index (χ3n) is 4.50. The average molecular weight is 477 g/mol. The number of carboxylic acids is 1. The molecule has 0 aromatic heterocycles. The zero-order chi connectivity index (χ0) is 24.9. The van der Waals surface area contributed by atoms with Crippen LogP contribution in [0.1, 0.15) is 5.56 Å². The molecule has 15 heteroatoms. The fourth-order valence-corrected chi connectivity index (χ4v) is 2.96. The molecule has 33 heavy (non-hydrogen) atoms. The SMILES string of the molecule is NC(N)=N[C@H]1C=C(C(=O)O)O[C@@H]([C@H](O)[C@H](O)CO)[C@@H]1NC(=O)Nc1ccc(C(F)(F)F)cc1. The maximum atomic E-state index is 12.7. The third kappa shape index (κ3) is 6.71. The maximum absolute atomic E-state index is 12.7. The second-order valence-corrected chi connectivity index (χ2v) is 6.90. The van der Waals surface area contributed by atoms with Crippen LogP contribution < -0.4 is 22.1 Å². The first-order valence-electron chi connectivity index (χ1n) is 9.25. The molecule has 0 aliphatic carbocycles. The van der Waals surface area contributed by atoms with E-state index in [2.05, 4.69) is 15.6 Å². The van der Waals surface area contributed by atoms with Gasteiger partial charge in [-0.1, -0.05) is 0 Å². The number of hydrogen-bond acceptors (Lipinski definition) is 7.